The number of alkyl halides is 3. The Morgan fingerprint density at radius 3 is 2.67 bits per heavy atom. The molecule has 0 saturated carbocycles. The third-order valence-corrected chi connectivity index (χ3v) is 2.63. The van der Waals surface area contributed by atoms with Gasteiger partial charge in [-0.1, -0.05) is 0 Å². The molecule has 1 atom stereocenters. The molecule has 1 aromatic carbocycles. The highest BCUT2D eigenvalue weighted by atomic mass is 19.4. The molecule has 1 amide bonds. The van der Waals surface area contributed by atoms with Crippen LogP contribution in [0.1, 0.15) is 23.6 Å². The predicted octanol–water partition coefficient (Wildman–Crippen LogP) is 3.02. The molecule has 1 heterocycles. The molecule has 0 spiro atoms. The van der Waals surface area contributed by atoms with E-state index in [-0.39, 0.29) is 18.6 Å². The second-order valence-corrected chi connectivity index (χ2v) is 3.85. The molecule has 1 fully saturated rings. The van der Waals surface area contributed by atoms with Crippen LogP contribution in [0.4, 0.5) is 22.4 Å². The SMILES string of the molecule is O=C1N[C@H](c2cc(F)ccc2C(F)(F)F)CCO1. The van der Waals surface area contributed by atoms with Crippen molar-refractivity contribution in [1.82, 2.24) is 5.32 Å². The largest absolute Gasteiger partial charge is 0.449 e. The highest BCUT2D eigenvalue weighted by Gasteiger charge is 2.36. The van der Waals surface area contributed by atoms with Crippen molar-refractivity contribution in [2.45, 2.75) is 18.6 Å². The van der Waals surface area contributed by atoms with Crippen LogP contribution in [-0.4, -0.2) is 12.7 Å². The van der Waals surface area contributed by atoms with Crippen LogP contribution < -0.4 is 5.32 Å². The zero-order valence-electron chi connectivity index (χ0n) is 9.05. The number of rotatable bonds is 1. The molecule has 3 nitrogen and oxygen atoms in total. The minimum Gasteiger partial charge on any atom is -0.449 e. The number of hydrogen-bond donors (Lipinski definition) is 1. The van der Waals surface area contributed by atoms with Gasteiger partial charge in [0.2, 0.25) is 0 Å². The molecule has 0 aromatic heterocycles. The molecule has 1 aliphatic heterocycles. The minimum atomic E-state index is -4.59. The van der Waals surface area contributed by atoms with Gasteiger partial charge in [-0.2, -0.15) is 13.2 Å². The van der Waals surface area contributed by atoms with Gasteiger partial charge in [0.15, 0.2) is 0 Å². The number of nitrogens with one attached hydrogen (secondary N) is 1. The number of benzene rings is 1. The van der Waals surface area contributed by atoms with Crippen LogP contribution in [0, 0.1) is 5.82 Å². The van der Waals surface area contributed by atoms with Gasteiger partial charge in [-0.3, -0.25) is 0 Å². The van der Waals surface area contributed by atoms with E-state index in [0.29, 0.717) is 6.07 Å². The van der Waals surface area contributed by atoms with Gasteiger partial charge in [0.1, 0.15) is 5.82 Å². The number of alkyl carbamates (subject to hydrolysis) is 1. The Hall–Kier alpha value is -1.79. The Balaban J connectivity index is 2.41. The first-order chi connectivity index (χ1) is 8.38. The Morgan fingerprint density at radius 1 is 1.33 bits per heavy atom. The van der Waals surface area contributed by atoms with E-state index in [2.05, 4.69) is 10.1 Å². The number of cyclic esters (lactones) is 1. The van der Waals surface area contributed by atoms with Gasteiger partial charge in [-0.25, -0.2) is 9.18 Å². The van der Waals surface area contributed by atoms with E-state index in [4.69, 9.17) is 0 Å². The normalized spacial score (nSPS) is 20.2. The second-order valence-electron chi connectivity index (χ2n) is 3.85. The maximum atomic E-state index is 13.1. The van der Waals surface area contributed by atoms with Gasteiger partial charge < -0.3 is 10.1 Å². The van der Waals surface area contributed by atoms with Crippen LogP contribution in [-0.2, 0) is 10.9 Å². The van der Waals surface area contributed by atoms with E-state index >= 15 is 0 Å². The molecule has 98 valence electrons. The van der Waals surface area contributed by atoms with Crippen molar-refractivity contribution >= 4 is 6.09 Å². The Kier molecular flexibility index (Phi) is 3.14. The first-order valence-electron chi connectivity index (χ1n) is 5.18. The van der Waals surface area contributed by atoms with E-state index < -0.39 is 29.7 Å². The van der Waals surface area contributed by atoms with Crippen molar-refractivity contribution in [2.75, 3.05) is 6.61 Å². The number of carbonyl (C=O) groups excluding carboxylic acids is 1. The van der Waals surface area contributed by atoms with Crippen molar-refractivity contribution < 1.29 is 27.1 Å². The Morgan fingerprint density at radius 2 is 2.06 bits per heavy atom. The van der Waals surface area contributed by atoms with Crippen LogP contribution in [0.2, 0.25) is 0 Å². The van der Waals surface area contributed by atoms with E-state index in [1.54, 1.807) is 0 Å². The zero-order valence-corrected chi connectivity index (χ0v) is 9.05. The van der Waals surface area contributed by atoms with E-state index in [1.807, 2.05) is 0 Å². The predicted molar refractivity (Wildman–Crippen MR) is 53.2 cm³/mol. The third-order valence-electron chi connectivity index (χ3n) is 2.63. The number of halogens is 4. The van der Waals surface area contributed by atoms with Crippen LogP contribution in [0.5, 0.6) is 0 Å². The van der Waals surface area contributed by atoms with Crippen molar-refractivity contribution in [1.29, 1.82) is 0 Å². The molecule has 1 N–H and O–H groups in total. The summed E-state index contributed by atoms with van der Waals surface area (Å²) in [4.78, 5) is 11.0. The molecule has 0 bridgehead atoms. The van der Waals surface area contributed by atoms with Crippen LogP contribution in [0.25, 0.3) is 0 Å². The summed E-state index contributed by atoms with van der Waals surface area (Å²) < 4.78 is 55.9. The Bertz CT molecular complexity index is 473. The van der Waals surface area contributed by atoms with Gasteiger partial charge in [0.05, 0.1) is 18.2 Å². The number of hydrogen-bond acceptors (Lipinski definition) is 2. The molecule has 1 aromatic rings. The smallest absolute Gasteiger partial charge is 0.416 e. The van der Waals surface area contributed by atoms with E-state index in [0.717, 1.165) is 12.1 Å². The lowest BCUT2D eigenvalue weighted by Gasteiger charge is -2.26. The second kappa shape index (κ2) is 4.47. The summed E-state index contributed by atoms with van der Waals surface area (Å²) in [6.07, 6.45) is -5.23. The summed E-state index contributed by atoms with van der Waals surface area (Å²) in [7, 11) is 0. The van der Waals surface area contributed by atoms with Crippen molar-refractivity contribution in [3.05, 3.63) is 35.1 Å². The summed E-state index contributed by atoms with van der Waals surface area (Å²) in [6.45, 7) is 0.00428. The average Bonchev–Trinajstić information content (AvgIpc) is 2.27. The van der Waals surface area contributed by atoms with Crippen LogP contribution >= 0.6 is 0 Å². The Labute approximate surface area is 99.7 Å². The number of amides is 1. The first-order valence-corrected chi connectivity index (χ1v) is 5.18. The van der Waals surface area contributed by atoms with E-state index in [9.17, 15) is 22.4 Å². The molecule has 0 aliphatic carbocycles. The number of ether oxygens (including phenoxy) is 1. The van der Waals surface area contributed by atoms with Gasteiger partial charge in [-0.05, 0) is 23.8 Å². The van der Waals surface area contributed by atoms with Gasteiger partial charge in [-0.15, -0.1) is 0 Å². The minimum absolute atomic E-state index is 0.00428. The molecule has 1 aliphatic rings. The van der Waals surface area contributed by atoms with Crippen molar-refractivity contribution in [3.63, 3.8) is 0 Å². The topological polar surface area (TPSA) is 38.3 Å². The standard InChI is InChI=1S/C11H9F4NO2/c12-6-1-2-8(11(13,14)15)7(5-6)9-3-4-18-10(17)16-9/h1-2,5,9H,3-4H2,(H,16,17)/t9-/m0/s1. The molecule has 0 radical (unpaired) electrons. The van der Waals surface area contributed by atoms with Crippen LogP contribution in [0.15, 0.2) is 18.2 Å². The zero-order chi connectivity index (χ0) is 13.3. The highest BCUT2D eigenvalue weighted by Crippen LogP contribution is 2.36. The van der Waals surface area contributed by atoms with E-state index in [1.165, 1.54) is 0 Å². The lowest BCUT2D eigenvalue weighted by molar-refractivity contribution is -0.138. The maximum absolute atomic E-state index is 13.1. The fourth-order valence-electron chi connectivity index (χ4n) is 1.84. The fourth-order valence-corrected chi connectivity index (χ4v) is 1.84. The molecular formula is C11H9F4NO2. The van der Waals surface area contributed by atoms with Crippen molar-refractivity contribution in [2.24, 2.45) is 0 Å². The van der Waals surface area contributed by atoms with Crippen LogP contribution in [0.3, 0.4) is 0 Å². The molecular weight excluding hydrogens is 254 g/mol. The fraction of sp³-hybridized carbons (Fsp3) is 0.364. The molecule has 18 heavy (non-hydrogen) atoms. The highest BCUT2D eigenvalue weighted by molar-refractivity contribution is 5.68. The lowest BCUT2D eigenvalue weighted by Crippen LogP contribution is -2.36. The maximum Gasteiger partial charge on any atom is 0.416 e. The summed E-state index contributed by atoms with van der Waals surface area (Å²) in [6, 6.07) is 1.32. The summed E-state index contributed by atoms with van der Waals surface area (Å²) in [5.74, 6) is -0.779. The lowest BCUT2D eigenvalue weighted by atomic mass is 9.97. The molecule has 0 unspecified atom stereocenters. The third kappa shape index (κ3) is 2.55. The molecule has 1 saturated heterocycles. The quantitative estimate of drug-likeness (QED) is 0.791. The van der Waals surface area contributed by atoms with Crippen molar-refractivity contribution in [3.8, 4) is 0 Å². The summed E-state index contributed by atoms with van der Waals surface area (Å²) in [5.41, 5.74) is -1.23. The monoisotopic (exact) mass is 263 g/mol. The number of carbonyl (C=O) groups is 1. The van der Waals surface area contributed by atoms with Gasteiger partial charge >= 0.3 is 12.3 Å². The summed E-state index contributed by atoms with van der Waals surface area (Å²) in [5, 5.41) is 2.24. The molecule has 7 heteroatoms. The van der Waals surface area contributed by atoms with Gasteiger partial charge in [0, 0.05) is 6.42 Å². The summed E-state index contributed by atoms with van der Waals surface area (Å²) >= 11 is 0. The average molecular weight is 263 g/mol. The first kappa shape index (κ1) is 12.7. The van der Waals surface area contributed by atoms with Gasteiger partial charge in [0.25, 0.3) is 0 Å². The molecule has 2 rings (SSSR count).